The van der Waals surface area contributed by atoms with Gasteiger partial charge in [0.15, 0.2) is 5.82 Å². The van der Waals surface area contributed by atoms with Crippen LogP contribution in [0.3, 0.4) is 0 Å². The predicted octanol–water partition coefficient (Wildman–Crippen LogP) is 0.780. The standard InChI is InChI=1S/C18H23N5O2/c24-12-17-21-20-16-10-22(8-9-23(16)17)11-18(25)19-15-7-3-5-13-4-1-2-6-14(13)15/h1-2,4,6,15,24H,3,5,7-12H2,(H,19,25)/t15-/m1/s1. The van der Waals surface area contributed by atoms with Crippen LogP contribution in [-0.4, -0.2) is 43.8 Å². The predicted molar refractivity (Wildman–Crippen MR) is 91.5 cm³/mol. The summed E-state index contributed by atoms with van der Waals surface area (Å²) in [5.41, 5.74) is 2.61. The van der Waals surface area contributed by atoms with Gasteiger partial charge in [-0.2, -0.15) is 0 Å². The van der Waals surface area contributed by atoms with Crippen molar-refractivity contribution in [2.45, 2.75) is 45.0 Å². The lowest BCUT2D eigenvalue weighted by molar-refractivity contribution is -0.123. The second kappa shape index (κ2) is 6.93. The van der Waals surface area contributed by atoms with E-state index >= 15 is 0 Å². The van der Waals surface area contributed by atoms with Crippen LogP contribution in [0.15, 0.2) is 24.3 Å². The monoisotopic (exact) mass is 341 g/mol. The Hall–Kier alpha value is -2.25. The minimum Gasteiger partial charge on any atom is -0.388 e. The van der Waals surface area contributed by atoms with Gasteiger partial charge in [-0.15, -0.1) is 10.2 Å². The van der Waals surface area contributed by atoms with Crippen molar-refractivity contribution in [3.05, 3.63) is 47.0 Å². The van der Waals surface area contributed by atoms with Crippen molar-refractivity contribution in [2.75, 3.05) is 13.1 Å². The zero-order valence-electron chi connectivity index (χ0n) is 14.2. The van der Waals surface area contributed by atoms with Gasteiger partial charge in [-0.05, 0) is 30.4 Å². The summed E-state index contributed by atoms with van der Waals surface area (Å²) in [6.07, 6.45) is 3.20. The molecule has 2 aromatic rings. The van der Waals surface area contributed by atoms with Crippen molar-refractivity contribution in [3.8, 4) is 0 Å². The quantitative estimate of drug-likeness (QED) is 0.859. The molecule has 0 spiro atoms. The SMILES string of the molecule is O=C(CN1CCn2c(CO)nnc2C1)N[C@@H]1CCCc2ccccc21. The molecule has 4 rings (SSSR count). The van der Waals surface area contributed by atoms with Crippen molar-refractivity contribution >= 4 is 5.91 Å². The summed E-state index contributed by atoms with van der Waals surface area (Å²) in [6, 6.07) is 8.50. The number of rotatable bonds is 4. The Morgan fingerprint density at radius 3 is 3.04 bits per heavy atom. The first-order valence-corrected chi connectivity index (χ1v) is 8.86. The molecule has 7 nitrogen and oxygen atoms in total. The summed E-state index contributed by atoms with van der Waals surface area (Å²) in [5, 5.41) is 20.5. The Bertz CT molecular complexity index is 773. The lowest BCUT2D eigenvalue weighted by Crippen LogP contribution is -2.43. The van der Waals surface area contributed by atoms with Crippen LogP contribution in [0.25, 0.3) is 0 Å². The van der Waals surface area contributed by atoms with E-state index in [0.29, 0.717) is 25.5 Å². The molecule has 7 heteroatoms. The van der Waals surface area contributed by atoms with Crippen LogP contribution >= 0.6 is 0 Å². The van der Waals surface area contributed by atoms with Crippen molar-refractivity contribution in [1.82, 2.24) is 25.0 Å². The van der Waals surface area contributed by atoms with E-state index in [1.54, 1.807) is 0 Å². The van der Waals surface area contributed by atoms with Crippen LogP contribution < -0.4 is 5.32 Å². The zero-order valence-corrected chi connectivity index (χ0v) is 14.2. The summed E-state index contributed by atoms with van der Waals surface area (Å²) < 4.78 is 1.94. The van der Waals surface area contributed by atoms with Crippen LogP contribution in [0.1, 0.15) is 41.7 Å². The van der Waals surface area contributed by atoms with Gasteiger partial charge in [-0.1, -0.05) is 24.3 Å². The number of carbonyl (C=O) groups excluding carboxylic acids is 1. The lowest BCUT2D eigenvalue weighted by atomic mass is 9.88. The maximum atomic E-state index is 12.5. The maximum absolute atomic E-state index is 12.5. The molecule has 0 unspecified atom stereocenters. The number of nitrogens with one attached hydrogen (secondary N) is 1. The molecule has 1 atom stereocenters. The number of aromatic nitrogens is 3. The molecule has 0 saturated heterocycles. The molecule has 1 aliphatic heterocycles. The zero-order chi connectivity index (χ0) is 17.2. The van der Waals surface area contributed by atoms with Crippen LogP contribution in [0.2, 0.25) is 0 Å². The average Bonchev–Trinajstić information content (AvgIpc) is 3.04. The second-order valence-corrected chi connectivity index (χ2v) is 6.76. The Morgan fingerprint density at radius 2 is 2.16 bits per heavy atom. The summed E-state index contributed by atoms with van der Waals surface area (Å²) in [7, 11) is 0. The number of hydrogen-bond acceptors (Lipinski definition) is 5. The molecule has 1 aliphatic carbocycles. The van der Waals surface area contributed by atoms with Crippen LogP contribution in [0, 0.1) is 0 Å². The number of hydrogen-bond donors (Lipinski definition) is 2. The van der Waals surface area contributed by atoms with Gasteiger partial charge >= 0.3 is 0 Å². The number of aliphatic hydroxyl groups excluding tert-OH is 1. The summed E-state index contributed by atoms with van der Waals surface area (Å²) in [6.45, 7) is 2.31. The van der Waals surface area contributed by atoms with E-state index in [2.05, 4.69) is 38.6 Å². The van der Waals surface area contributed by atoms with Gasteiger partial charge in [-0.25, -0.2) is 0 Å². The first-order chi connectivity index (χ1) is 12.2. The largest absolute Gasteiger partial charge is 0.388 e. The highest BCUT2D eigenvalue weighted by Crippen LogP contribution is 2.29. The number of aryl methyl sites for hydroxylation is 1. The van der Waals surface area contributed by atoms with Gasteiger partial charge in [0, 0.05) is 13.1 Å². The van der Waals surface area contributed by atoms with Gasteiger partial charge in [0.1, 0.15) is 12.4 Å². The Balaban J connectivity index is 1.37. The van der Waals surface area contributed by atoms with E-state index in [4.69, 9.17) is 0 Å². The number of carbonyl (C=O) groups is 1. The summed E-state index contributed by atoms with van der Waals surface area (Å²) in [5.74, 6) is 1.46. The molecule has 2 N–H and O–H groups in total. The third-order valence-corrected chi connectivity index (χ3v) is 5.12. The third-order valence-electron chi connectivity index (χ3n) is 5.12. The minimum absolute atomic E-state index is 0.0528. The van der Waals surface area contributed by atoms with Gasteiger partial charge in [0.2, 0.25) is 5.91 Å². The van der Waals surface area contributed by atoms with E-state index in [1.807, 2.05) is 10.6 Å². The highest BCUT2D eigenvalue weighted by atomic mass is 16.3. The molecule has 0 fully saturated rings. The minimum atomic E-state index is -0.103. The molecule has 0 saturated carbocycles. The lowest BCUT2D eigenvalue weighted by Gasteiger charge is -2.29. The third kappa shape index (κ3) is 3.29. The molecule has 0 bridgehead atoms. The summed E-state index contributed by atoms with van der Waals surface area (Å²) in [4.78, 5) is 14.6. The van der Waals surface area contributed by atoms with Gasteiger partial charge in [0.25, 0.3) is 0 Å². The molecule has 1 aromatic heterocycles. The molecule has 2 heterocycles. The van der Waals surface area contributed by atoms with E-state index in [0.717, 1.165) is 31.6 Å². The van der Waals surface area contributed by atoms with Crippen molar-refractivity contribution in [1.29, 1.82) is 0 Å². The van der Waals surface area contributed by atoms with E-state index < -0.39 is 0 Å². The number of fused-ring (bicyclic) bond motifs is 2. The highest BCUT2D eigenvalue weighted by molar-refractivity contribution is 5.78. The fourth-order valence-electron chi connectivity index (χ4n) is 3.87. The number of aliphatic hydroxyl groups is 1. The van der Waals surface area contributed by atoms with Crippen LogP contribution in [-0.2, 0) is 30.9 Å². The van der Waals surface area contributed by atoms with E-state index in [1.165, 1.54) is 11.1 Å². The molecule has 25 heavy (non-hydrogen) atoms. The topological polar surface area (TPSA) is 83.3 Å². The highest BCUT2D eigenvalue weighted by Gasteiger charge is 2.25. The first-order valence-electron chi connectivity index (χ1n) is 8.86. The fraction of sp³-hybridized carbons (Fsp3) is 0.500. The number of benzene rings is 1. The average molecular weight is 341 g/mol. The molecule has 132 valence electrons. The van der Waals surface area contributed by atoms with Crippen molar-refractivity contribution in [2.24, 2.45) is 0 Å². The van der Waals surface area contributed by atoms with Gasteiger partial charge in [0.05, 0.1) is 19.1 Å². The first kappa shape index (κ1) is 16.2. The van der Waals surface area contributed by atoms with Crippen LogP contribution in [0.5, 0.6) is 0 Å². The van der Waals surface area contributed by atoms with Gasteiger partial charge < -0.3 is 15.0 Å². The molecule has 1 aromatic carbocycles. The molecule has 2 aliphatic rings. The molecule has 0 radical (unpaired) electrons. The molecule has 1 amide bonds. The second-order valence-electron chi connectivity index (χ2n) is 6.76. The number of amides is 1. The molecular weight excluding hydrogens is 318 g/mol. The normalized spacial score (nSPS) is 20.0. The Labute approximate surface area is 146 Å². The smallest absolute Gasteiger partial charge is 0.234 e. The fourth-order valence-corrected chi connectivity index (χ4v) is 3.87. The van der Waals surface area contributed by atoms with E-state index in [-0.39, 0.29) is 18.6 Å². The van der Waals surface area contributed by atoms with Crippen molar-refractivity contribution < 1.29 is 9.90 Å². The van der Waals surface area contributed by atoms with Crippen LogP contribution in [0.4, 0.5) is 0 Å². The van der Waals surface area contributed by atoms with E-state index in [9.17, 15) is 9.90 Å². The maximum Gasteiger partial charge on any atom is 0.234 e. The van der Waals surface area contributed by atoms with Crippen molar-refractivity contribution in [3.63, 3.8) is 0 Å². The Morgan fingerprint density at radius 1 is 1.28 bits per heavy atom. The van der Waals surface area contributed by atoms with Gasteiger partial charge in [-0.3, -0.25) is 9.69 Å². The Kier molecular flexibility index (Phi) is 4.50. The number of nitrogens with zero attached hydrogens (tertiary/aromatic N) is 4. The molecular formula is C18H23N5O2. The summed E-state index contributed by atoms with van der Waals surface area (Å²) >= 11 is 0.